The van der Waals surface area contributed by atoms with Crippen molar-refractivity contribution in [3.63, 3.8) is 0 Å². The van der Waals surface area contributed by atoms with Crippen molar-refractivity contribution < 1.29 is 19.5 Å². The van der Waals surface area contributed by atoms with Gasteiger partial charge < -0.3 is 14.9 Å². The summed E-state index contributed by atoms with van der Waals surface area (Å²) in [6.07, 6.45) is 2.59. The normalized spacial score (nSPS) is 19.3. The van der Waals surface area contributed by atoms with E-state index in [1.165, 1.54) is 4.90 Å². The van der Waals surface area contributed by atoms with Gasteiger partial charge in [-0.2, -0.15) is 0 Å². The molecular weight excluding hydrogens is 320 g/mol. The Bertz CT molecular complexity index is 661. The Morgan fingerprint density at radius 3 is 2.28 bits per heavy atom. The Hall–Kier alpha value is -2.37. The van der Waals surface area contributed by atoms with Gasteiger partial charge in [-0.15, -0.1) is 0 Å². The molecule has 6 heteroatoms. The maximum Gasteiger partial charge on any atom is 0.306 e. The number of hydrogen-bond donors (Lipinski definition) is 1. The second-order valence-corrected chi connectivity index (χ2v) is 7.10. The third-order valence-electron chi connectivity index (χ3n) is 5.40. The van der Waals surface area contributed by atoms with E-state index in [1.54, 1.807) is 11.9 Å². The maximum atomic E-state index is 12.9. The van der Waals surface area contributed by atoms with Gasteiger partial charge in [0.2, 0.25) is 11.8 Å². The van der Waals surface area contributed by atoms with Crippen LogP contribution in [-0.2, 0) is 19.8 Å². The molecule has 1 N–H and O–H groups in total. The molecule has 0 aromatic heterocycles. The number of carboxylic acid groups (broad SMARTS) is 1. The minimum absolute atomic E-state index is 0.00697. The number of aliphatic carboxylic acids is 1. The lowest BCUT2D eigenvalue weighted by molar-refractivity contribution is -0.146. The molecule has 0 bridgehead atoms. The number of rotatable bonds is 5. The first-order valence-corrected chi connectivity index (χ1v) is 8.76. The molecule has 134 valence electrons. The monoisotopic (exact) mass is 344 g/mol. The molecule has 1 saturated carbocycles. The van der Waals surface area contributed by atoms with Gasteiger partial charge in [0.25, 0.3) is 0 Å². The topological polar surface area (TPSA) is 77.9 Å². The van der Waals surface area contributed by atoms with Crippen LogP contribution in [0.2, 0.25) is 0 Å². The van der Waals surface area contributed by atoms with Crippen LogP contribution in [0.5, 0.6) is 0 Å². The summed E-state index contributed by atoms with van der Waals surface area (Å²) in [7, 11) is 1.67. The van der Waals surface area contributed by atoms with Crippen molar-refractivity contribution >= 4 is 17.8 Å². The third kappa shape index (κ3) is 3.52. The van der Waals surface area contributed by atoms with Crippen LogP contribution < -0.4 is 0 Å². The number of likely N-dealkylation sites (N-methyl/N-ethyl adjacent to an activating group) is 1. The van der Waals surface area contributed by atoms with Crippen LogP contribution in [0, 0.1) is 5.92 Å². The molecule has 2 aliphatic rings. The number of piperidine rings is 1. The minimum Gasteiger partial charge on any atom is -0.481 e. The number of carbonyl (C=O) groups is 3. The van der Waals surface area contributed by atoms with Crippen LogP contribution in [0.15, 0.2) is 30.3 Å². The largest absolute Gasteiger partial charge is 0.481 e. The Morgan fingerprint density at radius 1 is 1.16 bits per heavy atom. The lowest BCUT2D eigenvalue weighted by atomic mass is 9.94. The van der Waals surface area contributed by atoms with Crippen molar-refractivity contribution in [2.24, 2.45) is 5.92 Å². The van der Waals surface area contributed by atoms with Gasteiger partial charge in [-0.1, -0.05) is 30.3 Å². The van der Waals surface area contributed by atoms with Gasteiger partial charge in [-0.3, -0.25) is 14.4 Å². The van der Waals surface area contributed by atoms with Gasteiger partial charge in [0.1, 0.15) is 0 Å². The second kappa shape index (κ2) is 6.86. The smallest absolute Gasteiger partial charge is 0.306 e. The van der Waals surface area contributed by atoms with Crippen molar-refractivity contribution in [1.82, 2.24) is 9.80 Å². The number of nitrogens with zero attached hydrogens (tertiary/aromatic N) is 2. The molecule has 2 amide bonds. The minimum atomic E-state index is -0.794. The Balaban J connectivity index is 1.57. The highest BCUT2D eigenvalue weighted by Gasteiger charge is 2.52. The molecule has 1 heterocycles. The van der Waals surface area contributed by atoms with Crippen molar-refractivity contribution in [1.29, 1.82) is 0 Å². The summed E-state index contributed by atoms with van der Waals surface area (Å²) >= 11 is 0. The number of hydrogen-bond acceptors (Lipinski definition) is 3. The van der Waals surface area contributed by atoms with Crippen molar-refractivity contribution in [2.45, 2.75) is 31.1 Å². The summed E-state index contributed by atoms with van der Waals surface area (Å²) < 4.78 is 0. The summed E-state index contributed by atoms with van der Waals surface area (Å²) in [5, 5.41) is 9.03. The Morgan fingerprint density at radius 2 is 1.76 bits per heavy atom. The average Bonchev–Trinajstić information content (AvgIpc) is 3.43. The quantitative estimate of drug-likeness (QED) is 0.878. The van der Waals surface area contributed by atoms with E-state index >= 15 is 0 Å². The Kier molecular flexibility index (Phi) is 4.79. The number of amides is 2. The highest BCUT2D eigenvalue weighted by molar-refractivity contribution is 5.93. The fraction of sp³-hybridized carbons (Fsp3) is 0.526. The number of benzene rings is 1. The van der Waals surface area contributed by atoms with Crippen LogP contribution in [0.4, 0.5) is 0 Å². The summed E-state index contributed by atoms with van der Waals surface area (Å²) in [5.74, 6) is -1.27. The van der Waals surface area contributed by atoms with Gasteiger partial charge in [0.05, 0.1) is 17.9 Å². The molecule has 1 aromatic carbocycles. The highest BCUT2D eigenvalue weighted by Crippen LogP contribution is 2.49. The zero-order valence-corrected chi connectivity index (χ0v) is 14.5. The van der Waals surface area contributed by atoms with Gasteiger partial charge in [0.15, 0.2) is 0 Å². The predicted octanol–water partition coefficient (Wildman–Crippen LogP) is 1.50. The maximum absolute atomic E-state index is 12.9. The first-order valence-electron chi connectivity index (χ1n) is 8.76. The van der Waals surface area contributed by atoms with Gasteiger partial charge in [-0.25, -0.2) is 0 Å². The summed E-state index contributed by atoms with van der Waals surface area (Å²) in [6, 6.07) is 9.73. The first kappa shape index (κ1) is 17.5. The third-order valence-corrected chi connectivity index (χ3v) is 5.40. The molecule has 6 nitrogen and oxygen atoms in total. The van der Waals surface area contributed by atoms with E-state index in [2.05, 4.69) is 0 Å². The number of carboxylic acids is 1. The van der Waals surface area contributed by atoms with Crippen molar-refractivity contribution in [2.75, 3.05) is 26.7 Å². The molecule has 1 aromatic rings. The molecule has 0 radical (unpaired) electrons. The SMILES string of the molecule is CN(CC(=O)N1CCC(C(=O)O)CC1)C(=O)C1(c2ccccc2)CC1. The molecule has 3 rings (SSSR count). The van der Waals surface area contributed by atoms with E-state index in [1.807, 2.05) is 30.3 Å². The van der Waals surface area contributed by atoms with Crippen LogP contribution in [0.3, 0.4) is 0 Å². The van der Waals surface area contributed by atoms with E-state index < -0.39 is 11.4 Å². The van der Waals surface area contributed by atoms with E-state index in [0.29, 0.717) is 25.9 Å². The zero-order valence-electron chi connectivity index (χ0n) is 14.5. The van der Waals surface area contributed by atoms with Crippen LogP contribution in [-0.4, -0.2) is 59.4 Å². The lowest BCUT2D eigenvalue weighted by Gasteiger charge is -2.32. The van der Waals surface area contributed by atoms with Gasteiger partial charge in [-0.05, 0) is 31.2 Å². The standard InChI is InChI=1S/C19H24N2O4/c1-20(13-16(22)21-11-7-14(8-12-21)17(23)24)18(25)19(9-10-19)15-5-3-2-4-6-15/h2-6,14H,7-13H2,1H3,(H,23,24). The highest BCUT2D eigenvalue weighted by atomic mass is 16.4. The van der Waals surface area contributed by atoms with Crippen molar-refractivity contribution in [3.8, 4) is 0 Å². The molecule has 0 atom stereocenters. The molecule has 0 spiro atoms. The van der Waals surface area contributed by atoms with E-state index in [9.17, 15) is 14.4 Å². The number of likely N-dealkylation sites (tertiary alicyclic amines) is 1. The summed E-state index contributed by atoms with van der Waals surface area (Å²) in [6.45, 7) is 0.939. The summed E-state index contributed by atoms with van der Waals surface area (Å²) in [5.41, 5.74) is 0.550. The van der Waals surface area contributed by atoms with E-state index in [0.717, 1.165) is 18.4 Å². The van der Waals surface area contributed by atoms with Gasteiger partial charge in [0, 0.05) is 20.1 Å². The van der Waals surface area contributed by atoms with E-state index in [-0.39, 0.29) is 24.3 Å². The van der Waals surface area contributed by atoms with Gasteiger partial charge >= 0.3 is 5.97 Å². The fourth-order valence-electron chi connectivity index (χ4n) is 3.62. The molecule has 0 unspecified atom stereocenters. The second-order valence-electron chi connectivity index (χ2n) is 7.10. The van der Waals surface area contributed by atoms with Crippen LogP contribution in [0.1, 0.15) is 31.2 Å². The first-order chi connectivity index (χ1) is 11.9. The van der Waals surface area contributed by atoms with Crippen LogP contribution in [0.25, 0.3) is 0 Å². The fourth-order valence-corrected chi connectivity index (χ4v) is 3.62. The van der Waals surface area contributed by atoms with E-state index in [4.69, 9.17) is 5.11 Å². The number of carbonyl (C=O) groups excluding carboxylic acids is 2. The zero-order chi connectivity index (χ0) is 18.0. The molecule has 1 aliphatic carbocycles. The predicted molar refractivity (Wildman–Crippen MR) is 91.9 cm³/mol. The molecule has 2 fully saturated rings. The Labute approximate surface area is 147 Å². The average molecular weight is 344 g/mol. The van der Waals surface area contributed by atoms with Crippen molar-refractivity contribution in [3.05, 3.63) is 35.9 Å². The van der Waals surface area contributed by atoms with Crippen LogP contribution >= 0.6 is 0 Å². The summed E-state index contributed by atoms with van der Waals surface area (Å²) in [4.78, 5) is 39.5. The lowest BCUT2D eigenvalue weighted by Crippen LogP contribution is -2.47. The molecule has 1 aliphatic heterocycles. The molecular formula is C19H24N2O4. The molecule has 1 saturated heterocycles. The molecule has 25 heavy (non-hydrogen) atoms.